The lowest BCUT2D eigenvalue weighted by Crippen LogP contribution is -2.29. The largest absolute Gasteiger partial charge is 0.497 e. The Bertz CT molecular complexity index is 1360. The number of nitrogens with one attached hydrogen (secondary N) is 2. The smallest absolute Gasteiger partial charge is 0.251 e. The number of amides is 1. The first-order valence-corrected chi connectivity index (χ1v) is 12.3. The number of carbonyl (C=O) groups is 1. The average Bonchev–Trinajstić information content (AvgIpc) is 2.98. The number of methoxy groups -OCH3 is 2. The molecule has 0 aliphatic rings. The van der Waals surface area contributed by atoms with Crippen molar-refractivity contribution in [1.82, 2.24) is 15.3 Å². The molecule has 0 saturated heterocycles. The molecule has 0 bridgehead atoms. The lowest BCUT2D eigenvalue weighted by atomic mass is 10.1. The van der Waals surface area contributed by atoms with Gasteiger partial charge in [-0.3, -0.25) is 4.79 Å². The Hall–Kier alpha value is -4.99. The van der Waals surface area contributed by atoms with Gasteiger partial charge in [0.1, 0.15) is 36.9 Å². The van der Waals surface area contributed by atoms with Crippen molar-refractivity contribution in [2.75, 3.05) is 38.4 Å². The Morgan fingerprint density at radius 3 is 2.03 bits per heavy atom. The van der Waals surface area contributed by atoms with Gasteiger partial charge < -0.3 is 35.3 Å². The predicted molar refractivity (Wildman–Crippen MR) is 148 cm³/mol. The van der Waals surface area contributed by atoms with E-state index in [4.69, 9.17) is 24.7 Å². The molecule has 1 aromatic heterocycles. The number of nitrogens with two attached hydrogens (primary N) is 1. The normalized spacial score (nSPS) is 10.4. The highest BCUT2D eigenvalue weighted by atomic mass is 16.5. The molecular weight excluding hydrogens is 498 g/mol. The molecule has 10 heteroatoms. The van der Waals surface area contributed by atoms with Crippen molar-refractivity contribution in [3.8, 4) is 23.0 Å². The van der Waals surface area contributed by atoms with Gasteiger partial charge in [0.2, 0.25) is 0 Å². The number of anilines is 2. The van der Waals surface area contributed by atoms with Crippen molar-refractivity contribution in [1.29, 1.82) is 0 Å². The number of nitrogen functional groups attached to an aromatic ring is 1. The Kier molecular flexibility index (Phi) is 9.38. The minimum atomic E-state index is -0.245. The molecule has 3 aromatic carbocycles. The van der Waals surface area contributed by atoms with Crippen molar-refractivity contribution in [2.24, 2.45) is 0 Å². The number of hydrogen-bond donors (Lipinski definition) is 3. The fraction of sp³-hybridized carbons (Fsp3) is 0.207. The lowest BCUT2D eigenvalue weighted by Gasteiger charge is -2.15. The number of nitrogens with zero attached hydrogens (tertiary/aromatic N) is 2. The van der Waals surface area contributed by atoms with E-state index in [9.17, 15) is 4.79 Å². The number of carbonyl (C=O) groups excluding carboxylic acids is 1. The summed E-state index contributed by atoms with van der Waals surface area (Å²) >= 11 is 0. The third-order valence-corrected chi connectivity index (χ3v) is 5.78. The molecule has 0 spiro atoms. The second-order valence-electron chi connectivity index (χ2n) is 8.44. The summed E-state index contributed by atoms with van der Waals surface area (Å²) in [7, 11) is 3.25. The van der Waals surface area contributed by atoms with Gasteiger partial charge in [0.05, 0.1) is 26.1 Å². The molecule has 202 valence electrons. The van der Waals surface area contributed by atoms with Crippen LogP contribution in [0.15, 0.2) is 79.3 Å². The molecule has 4 aromatic rings. The standard InChI is InChI=1S/C29H31N5O5/c1-36-23-8-3-20(4-9-23)17-38-26-12-7-22(15-27(26)39-18-21-5-10-24(37-2)11-6-21)29(35)33-14-13-32-25-16-31-19-34-28(25)30/h3-12,15-16,19,32H,13-14,17-18H2,1-2H3,(H,33,35)(H2,30,31,34). The minimum absolute atomic E-state index is 0.245. The van der Waals surface area contributed by atoms with Crippen molar-refractivity contribution in [3.05, 3.63) is 95.9 Å². The first-order valence-electron chi connectivity index (χ1n) is 12.3. The van der Waals surface area contributed by atoms with Gasteiger partial charge in [-0.05, 0) is 53.6 Å². The van der Waals surface area contributed by atoms with Gasteiger partial charge >= 0.3 is 0 Å². The summed E-state index contributed by atoms with van der Waals surface area (Å²) in [5, 5.41) is 5.99. The molecule has 0 radical (unpaired) electrons. The number of ether oxygens (including phenoxy) is 4. The molecule has 1 amide bonds. The van der Waals surface area contributed by atoms with E-state index < -0.39 is 0 Å². The SMILES string of the molecule is COc1ccc(COc2ccc(C(=O)NCCNc3cncnc3N)cc2OCc2ccc(OC)cc2)cc1. The zero-order valence-corrected chi connectivity index (χ0v) is 21.8. The second kappa shape index (κ2) is 13.5. The van der Waals surface area contributed by atoms with Gasteiger partial charge in [-0.2, -0.15) is 0 Å². The molecule has 0 atom stereocenters. The van der Waals surface area contributed by atoms with Crippen LogP contribution >= 0.6 is 0 Å². The summed E-state index contributed by atoms with van der Waals surface area (Å²) in [5.41, 5.74) is 8.77. The summed E-state index contributed by atoms with van der Waals surface area (Å²) in [6, 6.07) is 20.3. The minimum Gasteiger partial charge on any atom is -0.497 e. The summed E-state index contributed by atoms with van der Waals surface area (Å²) in [4.78, 5) is 20.7. The quantitative estimate of drug-likeness (QED) is 0.219. The van der Waals surface area contributed by atoms with E-state index in [-0.39, 0.29) is 5.91 Å². The van der Waals surface area contributed by atoms with Crippen LogP contribution in [0.5, 0.6) is 23.0 Å². The van der Waals surface area contributed by atoms with Gasteiger partial charge in [-0.1, -0.05) is 24.3 Å². The van der Waals surface area contributed by atoms with Gasteiger partial charge in [-0.15, -0.1) is 0 Å². The number of aromatic nitrogens is 2. The van der Waals surface area contributed by atoms with Crippen molar-refractivity contribution < 1.29 is 23.7 Å². The van der Waals surface area contributed by atoms with Crippen LogP contribution in [0, 0.1) is 0 Å². The van der Waals surface area contributed by atoms with Crippen molar-refractivity contribution in [3.63, 3.8) is 0 Å². The highest BCUT2D eigenvalue weighted by Gasteiger charge is 2.13. The molecule has 0 fully saturated rings. The van der Waals surface area contributed by atoms with Crippen LogP contribution < -0.4 is 35.3 Å². The molecule has 0 aliphatic carbocycles. The first-order chi connectivity index (χ1) is 19.1. The first kappa shape index (κ1) is 27.1. The van der Waals surface area contributed by atoms with Crippen LogP contribution in [0.25, 0.3) is 0 Å². The predicted octanol–water partition coefficient (Wildman–Crippen LogP) is 4.08. The molecule has 0 saturated carbocycles. The highest BCUT2D eigenvalue weighted by Crippen LogP contribution is 2.30. The zero-order chi connectivity index (χ0) is 27.5. The average molecular weight is 530 g/mol. The van der Waals surface area contributed by atoms with Crippen LogP contribution in [0.2, 0.25) is 0 Å². The third-order valence-electron chi connectivity index (χ3n) is 5.78. The van der Waals surface area contributed by atoms with Gasteiger partial charge in [0.15, 0.2) is 11.5 Å². The number of rotatable bonds is 13. The topological polar surface area (TPSA) is 130 Å². The Balaban J connectivity index is 1.42. The highest BCUT2D eigenvalue weighted by molar-refractivity contribution is 5.94. The van der Waals surface area contributed by atoms with Crippen LogP contribution in [0.4, 0.5) is 11.5 Å². The van der Waals surface area contributed by atoms with Crippen LogP contribution in [-0.2, 0) is 13.2 Å². The molecular formula is C29H31N5O5. The van der Waals surface area contributed by atoms with Gasteiger partial charge in [-0.25, -0.2) is 9.97 Å². The lowest BCUT2D eigenvalue weighted by molar-refractivity contribution is 0.0954. The molecule has 0 unspecified atom stereocenters. The van der Waals surface area contributed by atoms with Crippen molar-refractivity contribution in [2.45, 2.75) is 13.2 Å². The molecule has 4 N–H and O–H groups in total. The second-order valence-corrected chi connectivity index (χ2v) is 8.44. The zero-order valence-electron chi connectivity index (χ0n) is 21.8. The van der Waals surface area contributed by atoms with Gasteiger partial charge in [0, 0.05) is 18.7 Å². The van der Waals surface area contributed by atoms with Crippen LogP contribution in [0.1, 0.15) is 21.5 Å². The Labute approximate surface area is 227 Å². The monoisotopic (exact) mass is 529 g/mol. The maximum Gasteiger partial charge on any atom is 0.251 e. The van der Waals surface area contributed by atoms with E-state index in [0.717, 1.165) is 22.6 Å². The summed E-state index contributed by atoms with van der Waals surface area (Å²) in [6.45, 7) is 1.43. The Morgan fingerprint density at radius 1 is 0.821 bits per heavy atom. The van der Waals surface area contributed by atoms with E-state index in [1.807, 2.05) is 48.5 Å². The number of benzene rings is 3. The van der Waals surface area contributed by atoms with E-state index >= 15 is 0 Å². The molecule has 1 heterocycles. The summed E-state index contributed by atoms with van der Waals surface area (Å²) in [5.74, 6) is 2.62. The maximum atomic E-state index is 12.9. The van der Waals surface area contributed by atoms with E-state index in [2.05, 4.69) is 20.6 Å². The van der Waals surface area contributed by atoms with Gasteiger partial charge in [0.25, 0.3) is 5.91 Å². The number of hydrogen-bond acceptors (Lipinski definition) is 9. The molecule has 4 rings (SSSR count). The molecule has 39 heavy (non-hydrogen) atoms. The third kappa shape index (κ3) is 7.75. The summed E-state index contributed by atoms with van der Waals surface area (Å²) < 4.78 is 22.6. The maximum absolute atomic E-state index is 12.9. The fourth-order valence-electron chi connectivity index (χ4n) is 3.60. The van der Waals surface area contributed by atoms with E-state index in [1.54, 1.807) is 38.6 Å². The summed E-state index contributed by atoms with van der Waals surface area (Å²) in [6.07, 6.45) is 2.96. The van der Waals surface area contributed by atoms with Crippen molar-refractivity contribution >= 4 is 17.4 Å². The fourth-order valence-corrected chi connectivity index (χ4v) is 3.60. The van der Waals surface area contributed by atoms with Crippen LogP contribution in [-0.4, -0.2) is 43.2 Å². The Morgan fingerprint density at radius 2 is 1.44 bits per heavy atom. The van der Waals surface area contributed by atoms with E-state index in [1.165, 1.54) is 6.33 Å². The van der Waals surface area contributed by atoms with E-state index in [0.29, 0.717) is 54.9 Å². The molecule has 10 nitrogen and oxygen atoms in total. The molecule has 0 aliphatic heterocycles. The van der Waals surface area contributed by atoms with Crippen LogP contribution in [0.3, 0.4) is 0 Å².